The van der Waals surface area contributed by atoms with Gasteiger partial charge < -0.3 is 20.2 Å². The van der Waals surface area contributed by atoms with Crippen LogP contribution in [0, 0.1) is 0 Å². The predicted molar refractivity (Wildman–Crippen MR) is 135 cm³/mol. The van der Waals surface area contributed by atoms with E-state index in [1.54, 1.807) is 30.6 Å². The molecular weight excluding hydrogens is 470 g/mol. The summed E-state index contributed by atoms with van der Waals surface area (Å²) >= 11 is 0. The molecule has 3 heterocycles. The van der Waals surface area contributed by atoms with Gasteiger partial charge in [0.25, 0.3) is 0 Å². The standard InChI is InChI=1S/C22H23N9O3S/c1-35(33,34)25-9-3-11-31(19-5-2-4-16-15(19)13-24-30-16)20-8-10-23-21(29-20)26-14-6-7-17-18(12-14)28-22(32)27-17/h2,4-8,10,12-13,25H,3,9,11H2,1H3,(H,24,30)(H,23,26,29)(H2,27,28,32). The molecule has 5 N–H and O–H groups in total. The lowest BCUT2D eigenvalue weighted by Gasteiger charge is -2.25. The van der Waals surface area contributed by atoms with Crippen LogP contribution in [0.4, 0.5) is 23.1 Å². The maximum absolute atomic E-state index is 11.5. The molecular formula is C22H23N9O3S. The van der Waals surface area contributed by atoms with Gasteiger partial charge in [-0.3, -0.25) is 5.10 Å². The van der Waals surface area contributed by atoms with E-state index in [-0.39, 0.29) is 5.69 Å². The summed E-state index contributed by atoms with van der Waals surface area (Å²) in [6.45, 7) is 0.793. The van der Waals surface area contributed by atoms with Gasteiger partial charge >= 0.3 is 5.69 Å². The smallest absolute Gasteiger partial charge is 0.323 e. The lowest BCUT2D eigenvalue weighted by molar-refractivity contribution is 0.585. The largest absolute Gasteiger partial charge is 0.325 e. The van der Waals surface area contributed by atoms with Gasteiger partial charge in [-0.25, -0.2) is 22.9 Å². The molecule has 5 aromatic rings. The second-order valence-corrected chi connectivity index (χ2v) is 9.82. The third-order valence-corrected chi connectivity index (χ3v) is 6.09. The molecule has 0 amide bonds. The monoisotopic (exact) mass is 493 g/mol. The molecule has 0 unspecified atom stereocenters. The van der Waals surface area contributed by atoms with Crippen LogP contribution in [0.2, 0.25) is 0 Å². The lowest BCUT2D eigenvalue weighted by atomic mass is 10.2. The number of fused-ring (bicyclic) bond motifs is 2. The van der Waals surface area contributed by atoms with E-state index in [9.17, 15) is 13.2 Å². The summed E-state index contributed by atoms with van der Waals surface area (Å²) in [6.07, 6.45) is 5.09. The van der Waals surface area contributed by atoms with Crippen LogP contribution in [-0.2, 0) is 10.0 Å². The van der Waals surface area contributed by atoms with Crippen LogP contribution < -0.4 is 20.6 Å². The van der Waals surface area contributed by atoms with E-state index in [4.69, 9.17) is 4.98 Å². The van der Waals surface area contributed by atoms with Crippen molar-refractivity contribution in [1.82, 2.24) is 34.9 Å². The van der Waals surface area contributed by atoms with Crippen molar-refractivity contribution < 1.29 is 8.42 Å². The highest BCUT2D eigenvalue weighted by Gasteiger charge is 2.16. The number of hydrogen-bond acceptors (Lipinski definition) is 8. The Morgan fingerprint density at radius 3 is 2.77 bits per heavy atom. The number of aromatic amines is 3. The highest BCUT2D eigenvalue weighted by Crippen LogP contribution is 2.31. The second kappa shape index (κ2) is 9.19. The third kappa shape index (κ3) is 5.15. The number of rotatable bonds is 9. The first-order chi connectivity index (χ1) is 16.9. The molecule has 0 saturated carbocycles. The summed E-state index contributed by atoms with van der Waals surface area (Å²) in [5.74, 6) is 1.00. The third-order valence-electron chi connectivity index (χ3n) is 5.36. The first-order valence-electron chi connectivity index (χ1n) is 10.8. The number of H-pyrrole nitrogens is 3. The molecule has 0 aliphatic rings. The summed E-state index contributed by atoms with van der Waals surface area (Å²) < 4.78 is 25.5. The van der Waals surface area contributed by atoms with Crippen LogP contribution >= 0.6 is 0 Å². The van der Waals surface area contributed by atoms with Gasteiger partial charge in [0.15, 0.2) is 0 Å². The quantitative estimate of drug-likeness (QED) is 0.195. The first kappa shape index (κ1) is 22.6. The Balaban J connectivity index is 1.45. The van der Waals surface area contributed by atoms with Crippen molar-refractivity contribution in [3.8, 4) is 0 Å². The summed E-state index contributed by atoms with van der Waals surface area (Å²) in [4.78, 5) is 28.0. The highest BCUT2D eigenvalue weighted by atomic mass is 32.2. The molecule has 0 aliphatic heterocycles. The Labute approximate surface area is 199 Å². The summed E-state index contributed by atoms with van der Waals surface area (Å²) in [5, 5.41) is 11.2. The Hall–Kier alpha value is -4.23. The fraction of sp³-hybridized carbons (Fsp3) is 0.182. The Morgan fingerprint density at radius 1 is 1.06 bits per heavy atom. The minimum atomic E-state index is -3.28. The Bertz CT molecular complexity index is 1660. The van der Waals surface area contributed by atoms with Crippen LogP contribution in [0.1, 0.15) is 6.42 Å². The molecule has 3 aromatic heterocycles. The van der Waals surface area contributed by atoms with E-state index in [2.05, 4.69) is 35.2 Å². The predicted octanol–water partition coefficient (Wildman–Crippen LogP) is 2.34. The zero-order chi connectivity index (χ0) is 24.4. The van der Waals surface area contributed by atoms with E-state index in [0.29, 0.717) is 48.0 Å². The molecule has 0 bridgehead atoms. The molecule has 0 radical (unpaired) electrons. The highest BCUT2D eigenvalue weighted by molar-refractivity contribution is 7.88. The van der Waals surface area contributed by atoms with Crippen molar-refractivity contribution in [1.29, 1.82) is 0 Å². The maximum Gasteiger partial charge on any atom is 0.323 e. The minimum absolute atomic E-state index is 0.273. The van der Waals surface area contributed by atoms with Gasteiger partial charge in [-0.05, 0) is 42.8 Å². The van der Waals surface area contributed by atoms with E-state index in [1.807, 2.05) is 29.2 Å². The molecule has 35 heavy (non-hydrogen) atoms. The molecule has 0 fully saturated rings. The van der Waals surface area contributed by atoms with E-state index >= 15 is 0 Å². The van der Waals surface area contributed by atoms with Crippen molar-refractivity contribution in [2.75, 3.05) is 29.6 Å². The topological polar surface area (TPSA) is 165 Å². The average molecular weight is 494 g/mol. The normalized spacial score (nSPS) is 11.8. The van der Waals surface area contributed by atoms with Gasteiger partial charge in [0.2, 0.25) is 16.0 Å². The first-order valence-corrected chi connectivity index (χ1v) is 12.7. The van der Waals surface area contributed by atoms with Gasteiger partial charge in [0.1, 0.15) is 5.82 Å². The van der Waals surface area contributed by atoms with Crippen molar-refractivity contribution in [3.63, 3.8) is 0 Å². The number of imidazole rings is 1. The van der Waals surface area contributed by atoms with Crippen LogP contribution in [0.3, 0.4) is 0 Å². The van der Waals surface area contributed by atoms with Gasteiger partial charge in [-0.1, -0.05) is 6.07 Å². The fourth-order valence-electron chi connectivity index (χ4n) is 3.84. The Morgan fingerprint density at radius 2 is 1.91 bits per heavy atom. The molecule has 12 nitrogen and oxygen atoms in total. The van der Waals surface area contributed by atoms with E-state index < -0.39 is 10.0 Å². The SMILES string of the molecule is CS(=O)(=O)NCCCN(c1ccnc(Nc2ccc3[nH]c(=O)[nH]c3c2)n1)c1cccc2[nH]ncc12. The number of nitrogens with zero attached hydrogens (tertiary/aromatic N) is 4. The number of hydrogen-bond donors (Lipinski definition) is 5. The molecule has 2 aromatic carbocycles. The molecule has 0 atom stereocenters. The maximum atomic E-state index is 11.5. The number of benzene rings is 2. The molecule has 0 saturated heterocycles. The minimum Gasteiger partial charge on any atom is -0.325 e. The number of nitrogens with one attached hydrogen (secondary N) is 5. The summed E-state index contributed by atoms with van der Waals surface area (Å²) in [7, 11) is -3.28. The van der Waals surface area contributed by atoms with Crippen LogP contribution in [0.15, 0.2) is 59.7 Å². The second-order valence-electron chi connectivity index (χ2n) is 7.98. The molecule has 180 valence electrons. The van der Waals surface area contributed by atoms with Crippen LogP contribution in [0.25, 0.3) is 21.9 Å². The van der Waals surface area contributed by atoms with Gasteiger partial charge in [-0.2, -0.15) is 10.1 Å². The lowest BCUT2D eigenvalue weighted by Crippen LogP contribution is -2.27. The zero-order valence-electron chi connectivity index (χ0n) is 18.7. The molecule has 13 heteroatoms. The number of aromatic nitrogens is 6. The van der Waals surface area contributed by atoms with Crippen LogP contribution in [0.5, 0.6) is 0 Å². The Kier molecular flexibility index (Phi) is 5.93. The van der Waals surface area contributed by atoms with Gasteiger partial charge in [0.05, 0.1) is 34.7 Å². The van der Waals surface area contributed by atoms with E-state index in [1.165, 1.54) is 0 Å². The van der Waals surface area contributed by atoms with Crippen molar-refractivity contribution in [2.24, 2.45) is 0 Å². The van der Waals surface area contributed by atoms with Crippen molar-refractivity contribution >= 4 is 55.1 Å². The molecule has 0 aliphatic carbocycles. The zero-order valence-corrected chi connectivity index (χ0v) is 19.6. The van der Waals surface area contributed by atoms with Gasteiger partial charge in [-0.15, -0.1) is 0 Å². The number of anilines is 4. The van der Waals surface area contributed by atoms with E-state index in [0.717, 1.165) is 22.8 Å². The molecule has 5 rings (SSSR count). The van der Waals surface area contributed by atoms with Crippen molar-refractivity contribution in [2.45, 2.75) is 6.42 Å². The average Bonchev–Trinajstić information content (AvgIpc) is 3.44. The fourth-order valence-corrected chi connectivity index (χ4v) is 4.36. The summed E-state index contributed by atoms with van der Waals surface area (Å²) in [5.41, 5.74) is 3.57. The summed E-state index contributed by atoms with van der Waals surface area (Å²) in [6, 6.07) is 13.0. The number of sulfonamides is 1. The van der Waals surface area contributed by atoms with Gasteiger partial charge in [0, 0.05) is 30.4 Å². The van der Waals surface area contributed by atoms with Crippen molar-refractivity contribution in [3.05, 3.63) is 65.3 Å². The molecule has 0 spiro atoms. The van der Waals surface area contributed by atoms with Crippen LogP contribution in [-0.4, -0.2) is 57.9 Å².